The fraction of sp³-hybridized carbons (Fsp3) is 0.0732. The molecule has 6 aromatic heterocycles. The van der Waals surface area contributed by atoms with Crippen molar-refractivity contribution < 1.29 is 0 Å². The Morgan fingerprint density at radius 2 is 0.403 bits per heavy atom. The van der Waals surface area contributed by atoms with Gasteiger partial charge in [-0.05, 0) is 306 Å². The molecule has 3 aliphatic rings. The van der Waals surface area contributed by atoms with Crippen molar-refractivity contribution in [3.63, 3.8) is 0 Å². The highest BCUT2D eigenvalue weighted by atomic mass is 14.8. The summed E-state index contributed by atoms with van der Waals surface area (Å²) in [4.78, 5) is 30.4. The lowest BCUT2D eigenvalue weighted by Crippen LogP contribution is -2.22. The molecule has 0 fully saturated rings. The first-order chi connectivity index (χ1) is 63.2. The van der Waals surface area contributed by atoms with E-state index in [1.165, 1.54) is 164 Å². The summed E-state index contributed by atoms with van der Waals surface area (Å²) in [7, 11) is 0. The molecule has 25 aromatic rings. The Hall–Kier alpha value is -16.0. The van der Waals surface area contributed by atoms with Crippen molar-refractivity contribution in [1.82, 2.24) is 29.9 Å². The number of rotatable bonds is 6. The molecule has 0 spiro atoms. The van der Waals surface area contributed by atoms with Gasteiger partial charge < -0.3 is 0 Å². The third-order valence-electron chi connectivity index (χ3n) is 29.9. The second kappa shape index (κ2) is 26.1. The molecule has 0 N–H and O–H groups in total. The monoisotopic (exact) mass is 1640 g/mol. The molecular weight excluding hydrogens is 1560 g/mol. The first-order valence-electron chi connectivity index (χ1n) is 45.0. The van der Waals surface area contributed by atoms with Crippen molar-refractivity contribution in [2.75, 3.05) is 0 Å². The molecule has 600 valence electrons. The molecule has 6 heteroatoms. The van der Waals surface area contributed by atoms with Gasteiger partial charge in [-0.2, -0.15) is 0 Å². The highest BCUT2D eigenvalue weighted by molar-refractivity contribution is 6.31. The zero-order chi connectivity index (χ0) is 85.3. The minimum atomic E-state index is -0.477. The van der Waals surface area contributed by atoms with Crippen molar-refractivity contribution in [2.45, 2.75) is 57.8 Å². The van der Waals surface area contributed by atoms with Gasteiger partial charge in [-0.3, -0.25) is 15.0 Å². The van der Waals surface area contributed by atoms with Gasteiger partial charge in [0.1, 0.15) is 0 Å². The zero-order valence-electron chi connectivity index (χ0n) is 71.8. The Labute approximate surface area is 743 Å². The smallest absolute Gasteiger partial charge is 0.0972 e. The van der Waals surface area contributed by atoms with Crippen molar-refractivity contribution in [1.29, 1.82) is 0 Å². The average Bonchev–Trinajstić information content (AvgIpc) is 1.48. The molecule has 0 saturated carbocycles. The third-order valence-corrected chi connectivity index (χ3v) is 29.9. The number of fused-ring (bicyclic) bond motifs is 39. The maximum Gasteiger partial charge on any atom is 0.0972 e. The molecule has 0 bridgehead atoms. The van der Waals surface area contributed by atoms with Crippen LogP contribution in [0.3, 0.4) is 0 Å². The van der Waals surface area contributed by atoms with Gasteiger partial charge in [-0.25, -0.2) is 15.0 Å². The van der Waals surface area contributed by atoms with Gasteiger partial charge in [-0.1, -0.05) is 278 Å². The second-order valence-electron chi connectivity index (χ2n) is 37.8. The molecule has 3 aliphatic carbocycles. The molecule has 6 nitrogen and oxygen atoms in total. The number of hydrogen-bond donors (Lipinski definition) is 0. The van der Waals surface area contributed by atoms with Gasteiger partial charge in [-0.15, -0.1) is 0 Å². The fourth-order valence-corrected chi connectivity index (χ4v) is 23.8. The summed E-state index contributed by atoms with van der Waals surface area (Å²) < 4.78 is 0. The number of aromatic nitrogens is 6. The van der Waals surface area contributed by atoms with Crippen LogP contribution in [0.4, 0.5) is 0 Å². The minimum Gasteiger partial charge on any atom is -0.254 e. The topological polar surface area (TPSA) is 77.3 Å². The molecule has 6 heterocycles. The number of nitrogens with zero attached hydrogens (tertiary/aromatic N) is 6. The number of benzene rings is 19. The van der Waals surface area contributed by atoms with Crippen molar-refractivity contribution in [2.24, 2.45) is 0 Å². The SMILES string of the molecule is CC1(C)c2cc3c4ccc(-c5cccc(-c6ccc7ccc8cccnc8c7n6)c5)cc4c4ccccc4c3cc2-c2c1c1c(c3c2C(C)(C)c2cc4c5ccc(-c6cccc(-c7ccc8ccc9cccnc9c8n7)c6)cc5c5ccccc5c4cc2-3)C(C)(C)c2cc3c4ccc(-c5cccc(-c6ccc7ccc8cccnc8c7n6)c5)cc4c4ccccc4c3cc2-1. The van der Waals surface area contributed by atoms with Gasteiger partial charge in [0.05, 0.1) is 50.2 Å². The minimum absolute atomic E-state index is 0.477. The zero-order valence-corrected chi connectivity index (χ0v) is 71.8. The van der Waals surface area contributed by atoms with E-state index in [4.69, 9.17) is 29.9 Å². The first kappa shape index (κ1) is 72.3. The molecule has 0 amide bonds. The van der Waals surface area contributed by atoms with Crippen LogP contribution in [0.2, 0.25) is 0 Å². The summed E-state index contributed by atoms with van der Waals surface area (Å²) in [5.74, 6) is 0. The van der Waals surface area contributed by atoms with E-state index in [1.807, 2.05) is 36.8 Å². The maximum atomic E-state index is 5.32. The molecular formula is C123H78N6. The van der Waals surface area contributed by atoms with Crippen LogP contribution in [-0.4, -0.2) is 29.9 Å². The molecule has 0 radical (unpaired) electrons. The summed E-state index contributed by atoms with van der Waals surface area (Å²) in [5, 5.41) is 29.0. The van der Waals surface area contributed by atoms with Gasteiger partial charge in [0.25, 0.3) is 0 Å². The number of pyridine rings is 6. The predicted octanol–water partition coefficient (Wildman–Crippen LogP) is 32.3. The summed E-state index contributed by atoms with van der Waals surface area (Å²) in [6, 6.07) is 130. The van der Waals surface area contributed by atoms with Crippen LogP contribution in [0.25, 0.3) is 263 Å². The Morgan fingerprint density at radius 1 is 0.171 bits per heavy atom. The number of hydrogen-bond acceptors (Lipinski definition) is 6. The van der Waals surface area contributed by atoms with E-state index in [0.29, 0.717) is 0 Å². The van der Waals surface area contributed by atoms with Crippen LogP contribution >= 0.6 is 0 Å². The molecule has 0 aliphatic heterocycles. The normalized spacial score (nSPS) is 14.0. The maximum absolute atomic E-state index is 5.32. The first-order valence-corrected chi connectivity index (χ1v) is 45.0. The van der Waals surface area contributed by atoms with Crippen LogP contribution in [0.15, 0.2) is 364 Å². The van der Waals surface area contributed by atoms with E-state index in [1.54, 1.807) is 0 Å². The molecule has 0 atom stereocenters. The van der Waals surface area contributed by atoms with Crippen LogP contribution in [-0.2, 0) is 16.2 Å². The van der Waals surface area contributed by atoms with E-state index in [-0.39, 0.29) is 0 Å². The lowest BCUT2D eigenvalue weighted by molar-refractivity contribution is 0.636. The van der Waals surface area contributed by atoms with Crippen LogP contribution in [0.1, 0.15) is 74.9 Å². The third kappa shape index (κ3) is 10.2. The Balaban J connectivity index is 0.644. The average molecular weight is 1640 g/mol. The van der Waals surface area contributed by atoms with Gasteiger partial charge in [0, 0.05) is 83.8 Å². The van der Waals surface area contributed by atoms with E-state index in [2.05, 4.69) is 369 Å². The van der Waals surface area contributed by atoms with Crippen LogP contribution in [0, 0.1) is 0 Å². The van der Waals surface area contributed by atoms with Crippen LogP contribution < -0.4 is 0 Å². The molecule has 129 heavy (non-hydrogen) atoms. The summed E-state index contributed by atoms with van der Waals surface area (Å²) in [6.07, 6.45) is 5.59. The highest BCUT2D eigenvalue weighted by Crippen LogP contribution is 2.69. The largest absolute Gasteiger partial charge is 0.254 e. The second-order valence-corrected chi connectivity index (χ2v) is 37.8. The van der Waals surface area contributed by atoms with Crippen molar-refractivity contribution in [3.05, 3.63) is 398 Å². The molecule has 0 unspecified atom stereocenters. The Bertz CT molecular complexity index is 8620. The van der Waals surface area contributed by atoms with Crippen molar-refractivity contribution >= 4 is 162 Å². The van der Waals surface area contributed by atoms with Gasteiger partial charge in [0.2, 0.25) is 0 Å². The van der Waals surface area contributed by atoms with E-state index in [9.17, 15) is 0 Å². The van der Waals surface area contributed by atoms with E-state index >= 15 is 0 Å². The molecule has 28 rings (SSSR count). The highest BCUT2D eigenvalue weighted by Gasteiger charge is 2.53. The lowest BCUT2D eigenvalue weighted by atomic mass is 9.71. The predicted molar refractivity (Wildman–Crippen MR) is 541 cm³/mol. The van der Waals surface area contributed by atoms with Crippen molar-refractivity contribution in [3.8, 4) is 101 Å². The fourth-order valence-electron chi connectivity index (χ4n) is 23.8. The lowest BCUT2D eigenvalue weighted by Gasteiger charge is -2.31. The molecule has 19 aromatic carbocycles. The standard InChI is InChI=1S/C123H78N6/c1-121(2)103-64-97-88-46-40-76(73-19-13-22-79(55-73)106-49-43-70-37-34-67-25-16-52-124-115(67)118(70)127-106)58-91(88)82-28-7-10-31-85(82)94(97)61-100(103)109-112(121)110-101-62-95-86-32-11-8-29-83(86)92-59-77(74-20-14-23-80(56-74)107-50-44-71-38-35-68-26-17-53-125-116(68)119(71)128-107)41-47-89(92)98(95)65-104(101)122(3,4)114(110)111-102-63-96-87-33-12-9-30-84(87)93-60-78(42-48-90(93)99(96)66-105(102)123(5,6)113(109)111)75-21-15-24-81(57-75)108-51-45-72-39-36-69-27-18-54-126-117(69)120(72)129-108/h7-66H,1-6H3. The Morgan fingerprint density at radius 3 is 0.690 bits per heavy atom. The van der Waals surface area contributed by atoms with E-state index < -0.39 is 16.2 Å². The summed E-state index contributed by atoms with van der Waals surface area (Å²) >= 11 is 0. The molecule has 0 saturated heterocycles. The summed E-state index contributed by atoms with van der Waals surface area (Å²) in [6.45, 7) is 15.3. The van der Waals surface area contributed by atoms with Gasteiger partial charge in [0.15, 0.2) is 0 Å². The Kier molecular flexibility index (Phi) is 14.6. The quantitative estimate of drug-likeness (QED) is 0.154. The summed E-state index contributed by atoms with van der Waals surface area (Å²) in [5.41, 5.74) is 33.5. The van der Waals surface area contributed by atoms with Crippen LogP contribution in [0.5, 0.6) is 0 Å². The van der Waals surface area contributed by atoms with Gasteiger partial charge >= 0.3 is 0 Å². The van der Waals surface area contributed by atoms with E-state index in [0.717, 1.165) is 133 Å².